The highest BCUT2D eigenvalue weighted by molar-refractivity contribution is 5.86. The van der Waals surface area contributed by atoms with Crippen LogP contribution in [0.5, 0.6) is 0 Å². The number of hydrogen-bond acceptors (Lipinski definition) is 5. The number of nitrogens with zero attached hydrogens (tertiary/aromatic N) is 5. The second-order valence-corrected chi connectivity index (χ2v) is 9.18. The molecule has 3 aromatic rings. The van der Waals surface area contributed by atoms with Crippen molar-refractivity contribution in [2.75, 3.05) is 19.6 Å². The Labute approximate surface area is 182 Å². The van der Waals surface area contributed by atoms with Crippen molar-refractivity contribution in [1.82, 2.24) is 24.3 Å². The summed E-state index contributed by atoms with van der Waals surface area (Å²) in [6, 6.07) is 6.32. The summed E-state index contributed by atoms with van der Waals surface area (Å²) in [7, 11) is 0. The molecule has 1 amide bonds. The lowest BCUT2D eigenvalue weighted by Gasteiger charge is -2.28. The van der Waals surface area contributed by atoms with Crippen LogP contribution in [-0.2, 0) is 17.9 Å². The average molecular weight is 420 g/mol. The molecule has 1 spiro atoms. The van der Waals surface area contributed by atoms with Crippen molar-refractivity contribution in [3.8, 4) is 0 Å². The van der Waals surface area contributed by atoms with E-state index in [0.29, 0.717) is 12.6 Å². The number of hydrogen-bond donors (Lipinski definition) is 0. The quantitative estimate of drug-likeness (QED) is 0.612. The van der Waals surface area contributed by atoms with Crippen LogP contribution in [0.4, 0.5) is 0 Å². The molecular weight excluding hydrogens is 390 g/mol. The summed E-state index contributed by atoms with van der Waals surface area (Å²) in [6.07, 6.45) is 12.0. The second kappa shape index (κ2) is 7.96. The van der Waals surface area contributed by atoms with E-state index in [-0.39, 0.29) is 11.8 Å². The molecule has 0 bridgehead atoms. The van der Waals surface area contributed by atoms with Crippen molar-refractivity contribution in [1.29, 1.82) is 0 Å². The van der Waals surface area contributed by atoms with Crippen LogP contribution in [0.25, 0.3) is 0 Å². The van der Waals surface area contributed by atoms with Gasteiger partial charge in [-0.15, -0.1) is 0 Å². The van der Waals surface area contributed by atoms with Crippen LogP contribution in [-0.4, -0.2) is 49.9 Å². The normalized spacial score (nSPS) is 24.2. The van der Waals surface area contributed by atoms with E-state index in [2.05, 4.69) is 34.5 Å². The number of carbonyl (C=O) groups is 1. The third-order valence-electron chi connectivity index (χ3n) is 6.84. The van der Waals surface area contributed by atoms with Crippen LogP contribution in [0.3, 0.4) is 0 Å². The Bertz CT molecular complexity index is 1030. The zero-order chi connectivity index (χ0) is 21.4. The summed E-state index contributed by atoms with van der Waals surface area (Å²) >= 11 is 0. The molecule has 2 fully saturated rings. The summed E-state index contributed by atoms with van der Waals surface area (Å²) in [5.41, 5.74) is 2.87. The van der Waals surface area contributed by atoms with E-state index in [4.69, 9.17) is 9.40 Å². The molecule has 0 N–H and O–H groups in total. The zero-order valence-electron chi connectivity index (χ0n) is 18.1. The maximum absolute atomic E-state index is 13.8. The Hall–Kier alpha value is -2.93. The van der Waals surface area contributed by atoms with E-state index < -0.39 is 5.41 Å². The monoisotopic (exact) mass is 419 g/mol. The van der Waals surface area contributed by atoms with E-state index >= 15 is 0 Å². The van der Waals surface area contributed by atoms with Crippen LogP contribution < -0.4 is 0 Å². The van der Waals surface area contributed by atoms with Gasteiger partial charge < -0.3 is 13.9 Å². The van der Waals surface area contributed by atoms with E-state index in [9.17, 15) is 4.79 Å². The summed E-state index contributed by atoms with van der Waals surface area (Å²) in [4.78, 5) is 27.1. The van der Waals surface area contributed by atoms with Crippen molar-refractivity contribution < 1.29 is 9.21 Å². The molecule has 0 aromatic carbocycles. The molecule has 7 heteroatoms. The highest BCUT2D eigenvalue weighted by Gasteiger charge is 2.57. The number of likely N-dealkylation sites (tertiary alicyclic amines) is 2. The number of rotatable bonds is 6. The first-order chi connectivity index (χ1) is 15.0. The van der Waals surface area contributed by atoms with Crippen LogP contribution >= 0.6 is 0 Å². The summed E-state index contributed by atoms with van der Waals surface area (Å²) < 4.78 is 7.40. The van der Waals surface area contributed by atoms with Crippen LogP contribution in [0.15, 0.2) is 60.1 Å². The SMILES string of the molecule is CC(C)n1cnc([C@H]2CN(Cc3ccoc3)C[C@@]23CCN(Cc2ccncc2)C3=O)c1. The molecule has 0 aliphatic carbocycles. The van der Waals surface area contributed by atoms with Gasteiger partial charge in [0.15, 0.2) is 0 Å². The molecule has 2 atom stereocenters. The van der Waals surface area contributed by atoms with Crippen molar-refractivity contribution >= 4 is 5.91 Å². The molecule has 2 aliphatic rings. The van der Waals surface area contributed by atoms with Crippen molar-refractivity contribution in [2.24, 2.45) is 5.41 Å². The summed E-state index contributed by atoms with van der Waals surface area (Å²) in [5.74, 6) is 0.345. The smallest absolute Gasteiger partial charge is 0.231 e. The molecule has 0 radical (unpaired) electrons. The molecule has 31 heavy (non-hydrogen) atoms. The minimum absolute atomic E-state index is 0.0920. The predicted molar refractivity (Wildman–Crippen MR) is 116 cm³/mol. The number of pyridine rings is 1. The number of imidazole rings is 1. The van der Waals surface area contributed by atoms with Gasteiger partial charge in [0.1, 0.15) is 0 Å². The Morgan fingerprint density at radius 1 is 1.19 bits per heavy atom. The first-order valence-electron chi connectivity index (χ1n) is 11.0. The third-order valence-corrected chi connectivity index (χ3v) is 6.84. The molecule has 0 saturated carbocycles. The molecular formula is C24H29N5O2. The molecule has 5 rings (SSSR count). The van der Waals surface area contributed by atoms with E-state index in [0.717, 1.165) is 49.4 Å². The topological polar surface area (TPSA) is 67.4 Å². The highest BCUT2D eigenvalue weighted by atomic mass is 16.3. The van der Waals surface area contributed by atoms with E-state index in [1.165, 1.54) is 0 Å². The molecule has 162 valence electrons. The zero-order valence-corrected chi connectivity index (χ0v) is 18.1. The van der Waals surface area contributed by atoms with E-state index in [1.54, 1.807) is 24.9 Å². The predicted octanol–water partition coefficient (Wildman–Crippen LogP) is 3.47. The number of carbonyl (C=O) groups excluding carboxylic acids is 1. The average Bonchev–Trinajstić information content (AvgIpc) is 3.55. The molecule has 3 aromatic heterocycles. The van der Waals surface area contributed by atoms with Gasteiger partial charge in [0.05, 0.1) is 30.0 Å². The van der Waals surface area contributed by atoms with Gasteiger partial charge in [-0.2, -0.15) is 0 Å². The summed E-state index contributed by atoms with van der Waals surface area (Å²) in [6.45, 7) is 8.09. The standard InChI is InChI=1S/C24H29N5O2/c1-18(2)29-14-22(26-17-29)21-13-27(11-20-5-10-31-15-20)16-24(21)6-9-28(23(24)30)12-19-3-7-25-8-4-19/h3-5,7-8,10,14-15,17-18,21H,6,9,11-13,16H2,1-2H3/t21-,24+/m1/s1. The first kappa shape index (κ1) is 20.0. The van der Waals surface area contributed by atoms with Gasteiger partial charge in [-0.1, -0.05) is 0 Å². The molecule has 0 unspecified atom stereocenters. The molecule has 5 heterocycles. The Morgan fingerprint density at radius 3 is 2.74 bits per heavy atom. The molecule has 7 nitrogen and oxygen atoms in total. The van der Waals surface area contributed by atoms with Gasteiger partial charge in [0.25, 0.3) is 0 Å². The van der Waals surface area contributed by atoms with Crippen LogP contribution in [0.2, 0.25) is 0 Å². The van der Waals surface area contributed by atoms with Gasteiger partial charge in [-0.25, -0.2) is 4.98 Å². The first-order valence-corrected chi connectivity index (χ1v) is 11.0. The van der Waals surface area contributed by atoms with Gasteiger partial charge in [-0.3, -0.25) is 14.7 Å². The maximum atomic E-state index is 13.8. The molecule has 2 aliphatic heterocycles. The van der Waals surface area contributed by atoms with Crippen LogP contribution in [0, 0.1) is 5.41 Å². The maximum Gasteiger partial charge on any atom is 0.231 e. The minimum Gasteiger partial charge on any atom is -0.472 e. The Kier molecular flexibility index (Phi) is 5.14. The van der Waals surface area contributed by atoms with Gasteiger partial charge in [-0.05, 0) is 44.0 Å². The fourth-order valence-corrected chi connectivity index (χ4v) is 5.15. The number of furan rings is 1. The molecule has 2 saturated heterocycles. The van der Waals surface area contributed by atoms with Gasteiger partial charge >= 0.3 is 0 Å². The minimum atomic E-state index is -0.424. The van der Waals surface area contributed by atoms with Crippen molar-refractivity contribution in [3.63, 3.8) is 0 Å². The van der Waals surface area contributed by atoms with Gasteiger partial charge in [0.2, 0.25) is 5.91 Å². The fourth-order valence-electron chi connectivity index (χ4n) is 5.15. The number of amides is 1. The van der Waals surface area contributed by atoms with Crippen LogP contribution in [0.1, 0.15) is 49.0 Å². The lowest BCUT2D eigenvalue weighted by molar-refractivity contribution is -0.136. The van der Waals surface area contributed by atoms with Crippen molar-refractivity contribution in [3.05, 3.63) is 72.5 Å². The highest BCUT2D eigenvalue weighted by Crippen LogP contribution is 2.50. The number of aromatic nitrogens is 3. The lowest BCUT2D eigenvalue weighted by atomic mass is 9.75. The van der Waals surface area contributed by atoms with Gasteiger partial charge in [0, 0.05) is 68.8 Å². The third kappa shape index (κ3) is 3.67. The Morgan fingerprint density at radius 2 is 2.03 bits per heavy atom. The summed E-state index contributed by atoms with van der Waals surface area (Å²) in [5, 5.41) is 0. The Balaban J connectivity index is 1.43. The lowest BCUT2D eigenvalue weighted by Crippen LogP contribution is -2.39. The largest absolute Gasteiger partial charge is 0.472 e. The second-order valence-electron chi connectivity index (χ2n) is 9.18. The van der Waals surface area contributed by atoms with Crippen molar-refractivity contribution in [2.45, 2.75) is 45.3 Å². The van der Waals surface area contributed by atoms with E-state index in [1.807, 2.05) is 29.4 Å². The fraction of sp³-hybridized carbons (Fsp3) is 0.458.